The highest BCUT2D eigenvalue weighted by Gasteiger charge is 2.14. The first-order chi connectivity index (χ1) is 9.04. The maximum Gasteiger partial charge on any atom is 0.221 e. The summed E-state index contributed by atoms with van der Waals surface area (Å²) < 4.78 is 13.3. The summed E-state index contributed by atoms with van der Waals surface area (Å²) in [5, 5.41) is 11.9. The van der Waals surface area contributed by atoms with Gasteiger partial charge in [0.05, 0.1) is 12.6 Å². The van der Waals surface area contributed by atoms with E-state index in [4.69, 9.17) is 5.11 Å². The Balaban J connectivity index is 2.33. The molecule has 1 atom stereocenters. The zero-order valence-electron chi connectivity index (χ0n) is 11.2. The molecule has 0 aliphatic heterocycles. The van der Waals surface area contributed by atoms with Crippen LogP contribution in [-0.4, -0.2) is 29.4 Å². The number of thioether (sulfide) groups is 1. The molecule has 0 heterocycles. The van der Waals surface area contributed by atoms with Crippen molar-refractivity contribution in [3.05, 3.63) is 30.1 Å². The molecule has 0 aromatic heterocycles. The van der Waals surface area contributed by atoms with Crippen LogP contribution in [0.1, 0.15) is 20.3 Å². The molecule has 3 nitrogen and oxygen atoms in total. The first kappa shape index (κ1) is 16.0. The van der Waals surface area contributed by atoms with Crippen molar-refractivity contribution in [1.29, 1.82) is 0 Å². The van der Waals surface area contributed by atoms with Gasteiger partial charge >= 0.3 is 0 Å². The smallest absolute Gasteiger partial charge is 0.221 e. The molecule has 0 saturated heterocycles. The fraction of sp³-hybridized carbons (Fsp3) is 0.500. The second-order valence-corrected chi connectivity index (χ2v) is 5.77. The molecule has 0 aliphatic carbocycles. The van der Waals surface area contributed by atoms with E-state index in [0.29, 0.717) is 17.1 Å². The summed E-state index contributed by atoms with van der Waals surface area (Å²) in [7, 11) is 0. The van der Waals surface area contributed by atoms with Gasteiger partial charge in [-0.25, -0.2) is 4.39 Å². The first-order valence-corrected chi connectivity index (χ1v) is 7.30. The topological polar surface area (TPSA) is 49.3 Å². The highest BCUT2D eigenvalue weighted by molar-refractivity contribution is 7.99. The molecule has 1 aromatic rings. The molecule has 0 saturated carbocycles. The zero-order valence-corrected chi connectivity index (χ0v) is 12.0. The third kappa shape index (κ3) is 5.61. The van der Waals surface area contributed by atoms with Gasteiger partial charge in [0.1, 0.15) is 5.82 Å². The average molecular weight is 285 g/mol. The Morgan fingerprint density at radius 2 is 2.11 bits per heavy atom. The molecule has 0 aliphatic rings. The van der Waals surface area contributed by atoms with Crippen molar-refractivity contribution in [2.45, 2.75) is 31.2 Å². The summed E-state index contributed by atoms with van der Waals surface area (Å²) in [6.45, 7) is 3.81. The number of rotatable bonds is 7. The number of aliphatic hydroxyl groups is 1. The minimum absolute atomic E-state index is 0.0656. The van der Waals surface area contributed by atoms with Crippen LogP contribution < -0.4 is 5.32 Å². The lowest BCUT2D eigenvalue weighted by Crippen LogP contribution is -2.41. The van der Waals surface area contributed by atoms with Crippen molar-refractivity contribution < 1.29 is 14.3 Å². The van der Waals surface area contributed by atoms with Crippen molar-refractivity contribution in [2.75, 3.05) is 12.4 Å². The summed E-state index contributed by atoms with van der Waals surface area (Å²) in [6, 6.07) is 6.30. The Kier molecular flexibility index (Phi) is 6.87. The second-order valence-electron chi connectivity index (χ2n) is 4.63. The molecular formula is C14H20FNO2S. The summed E-state index contributed by atoms with van der Waals surface area (Å²) in [5.41, 5.74) is 0. The van der Waals surface area contributed by atoms with Crippen LogP contribution in [0.3, 0.4) is 0 Å². The molecule has 0 unspecified atom stereocenters. The monoisotopic (exact) mass is 285 g/mol. The molecule has 1 rings (SSSR count). The Labute approximate surface area is 117 Å². The quantitative estimate of drug-likeness (QED) is 0.757. The third-order valence-corrected chi connectivity index (χ3v) is 3.82. The third-order valence-electron chi connectivity index (χ3n) is 2.77. The Morgan fingerprint density at radius 1 is 1.42 bits per heavy atom. The summed E-state index contributed by atoms with van der Waals surface area (Å²) in [6.07, 6.45) is 0.308. The zero-order chi connectivity index (χ0) is 14.3. The van der Waals surface area contributed by atoms with E-state index in [1.54, 1.807) is 18.2 Å². The predicted molar refractivity (Wildman–Crippen MR) is 75.6 cm³/mol. The fourth-order valence-electron chi connectivity index (χ4n) is 1.52. The molecule has 0 bridgehead atoms. The standard InChI is InChI=1S/C14H20FNO2S/c1-10(2)12(9-17)16-14(18)7-8-19-13-6-4-3-5-11(13)15/h3-6,10,12,17H,7-9H2,1-2H3,(H,16,18)/t12-/m1/s1. The first-order valence-electron chi connectivity index (χ1n) is 6.32. The van der Waals surface area contributed by atoms with E-state index < -0.39 is 0 Å². The van der Waals surface area contributed by atoms with Crippen molar-refractivity contribution >= 4 is 17.7 Å². The molecule has 2 N–H and O–H groups in total. The van der Waals surface area contributed by atoms with E-state index in [1.807, 2.05) is 13.8 Å². The van der Waals surface area contributed by atoms with E-state index in [2.05, 4.69) is 5.32 Å². The van der Waals surface area contributed by atoms with Crippen LogP contribution >= 0.6 is 11.8 Å². The number of aliphatic hydroxyl groups excluding tert-OH is 1. The maximum absolute atomic E-state index is 13.3. The molecule has 0 spiro atoms. The van der Waals surface area contributed by atoms with Gasteiger partial charge in [-0.1, -0.05) is 26.0 Å². The molecular weight excluding hydrogens is 265 g/mol. The molecule has 1 amide bonds. The van der Waals surface area contributed by atoms with Crippen LogP contribution in [-0.2, 0) is 4.79 Å². The highest BCUT2D eigenvalue weighted by Crippen LogP contribution is 2.21. The van der Waals surface area contributed by atoms with Crippen molar-refractivity contribution in [3.63, 3.8) is 0 Å². The van der Waals surface area contributed by atoms with Crippen molar-refractivity contribution in [2.24, 2.45) is 5.92 Å². The van der Waals surface area contributed by atoms with E-state index in [1.165, 1.54) is 17.8 Å². The van der Waals surface area contributed by atoms with Crippen LogP contribution in [0.25, 0.3) is 0 Å². The number of halogens is 1. The van der Waals surface area contributed by atoms with Crippen LogP contribution in [0.15, 0.2) is 29.2 Å². The minimum atomic E-state index is -0.261. The summed E-state index contributed by atoms with van der Waals surface area (Å²) >= 11 is 1.32. The Hall–Kier alpha value is -1.07. The lowest BCUT2D eigenvalue weighted by molar-refractivity contribution is -0.122. The lowest BCUT2D eigenvalue weighted by atomic mass is 10.1. The van der Waals surface area contributed by atoms with Crippen LogP contribution in [0.5, 0.6) is 0 Å². The molecule has 0 radical (unpaired) electrons. The molecule has 5 heteroatoms. The van der Waals surface area contributed by atoms with Crippen LogP contribution in [0.4, 0.5) is 4.39 Å². The van der Waals surface area contributed by atoms with Crippen molar-refractivity contribution in [3.8, 4) is 0 Å². The van der Waals surface area contributed by atoms with Gasteiger partial charge in [0, 0.05) is 17.1 Å². The minimum Gasteiger partial charge on any atom is -0.394 e. The number of carbonyl (C=O) groups excluding carboxylic acids is 1. The number of hydrogen-bond donors (Lipinski definition) is 2. The average Bonchev–Trinajstić information content (AvgIpc) is 2.38. The molecule has 19 heavy (non-hydrogen) atoms. The van der Waals surface area contributed by atoms with Gasteiger partial charge in [-0.3, -0.25) is 4.79 Å². The molecule has 1 aromatic carbocycles. The maximum atomic E-state index is 13.3. The van der Waals surface area contributed by atoms with E-state index >= 15 is 0 Å². The fourth-order valence-corrected chi connectivity index (χ4v) is 2.41. The normalized spacial score (nSPS) is 12.5. The SMILES string of the molecule is CC(C)[C@@H](CO)NC(=O)CCSc1ccccc1F. The summed E-state index contributed by atoms with van der Waals surface area (Å²) in [5.74, 6) is 0.330. The number of nitrogens with one attached hydrogen (secondary N) is 1. The highest BCUT2D eigenvalue weighted by atomic mass is 32.2. The van der Waals surface area contributed by atoms with E-state index in [0.717, 1.165) is 0 Å². The number of amides is 1. The molecule has 106 valence electrons. The van der Waals surface area contributed by atoms with E-state index in [-0.39, 0.29) is 30.3 Å². The Bertz CT molecular complexity index is 412. The number of hydrogen-bond acceptors (Lipinski definition) is 3. The van der Waals surface area contributed by atoms with Crippen molar-refractivity contribution in [1.82, 2.24) is 5.32 Å². The van der Waals surface area contributed by atoms with Crippen LogP contribution in [0, 0.1) is 11.7 Å². The van der Waals surface area contributed by atoms with Gasteiger partial charge in [-0.05, 0) is 18.1 Å². The predicted octanol–water partition coefficient (Wildman–Crippen LogP) is 2.44. The molecule has 0 fully saturated rings. The van der Waals surface area contributed by atoms with Gasteiger partial charge < -0.3 is 10.4 Å². The van der Waals surface area contributed by atoms with Gasteiger partial charge in [0.2, 0.25) is 5.91 Å². The van der Waals surface area contributed by atoms with Gasteiger partial charge in [-0.15, -0.1) is 11.8 Å². The number of benzene rings is 1. The van der Waals surface area contributed by atoms with E-state index in [9.17, 15) is 9.18 Å². The summed E-state index contributed by atoms with van der Waals surface area (Å²) in [4.78, 5) is 12.2. The van der Waals surface area contributed by atoms with Gasteiger partial charge in [0.15, 0.2) is 0 Å². The lowest BCUT2D eigenvalue weighted by Gasteiger charge is -2.19. The van der Waals surface area contributed by atoms with Crippen LogP contribution in [0.2, 0.25) is 0 Å². The second kappa shape index (κ2) is 8.17. The number of carbonyl (C=O) groups is 1. The largest absolute Gasteiger partial charge is 0.394 e. The van der Waals surface area contributed by atoms with Gasteiger partial charge in [0.25, 0.3) is 0 Å². The van der Waals surface area contributed by atoms with Gasteiger partial charge in [-0.2, -0.15) is 0 Å². The Morgan fingerprint density at radius 3 is 2.68 bits per heavy atom.